The minimum absolute atomic E-state index is 0.00490. The van der Waals surface area contributed by atoms with Gasteiger partial charge in [0, 0.05) is 44.3 Å². The number of hydrogen-bond acceptors (Lipinski definition) is 5. The molecule has 7 heteroatoms. The molecule has 1 aromatic carbocycles. The predicted molar refractivity (Wildman–Crippen MR) is 80.4 cm³/mol. The molecule has 0 saturated carbocycles. The van der Waals surface area contributed by atoms with E-state index >= 15 is 0 Å². The summed E-state index contributed by atoms with van der Waals surface area (Å²) in [5, 5.41) is 8.88. The Labute approximate surface area is 129 Å². The zero-order valence-corrected chi connectivity index (χ0v) is 13.0. The lowest BCUT2D eigenvalue weighted by Crippen LogP contribution is -2.59. The maximum Gasteiger partial charge on any atom is 0.153 e. The minimum atomic E-state index is -2.95. The van der Waals surface area contributed by atoms with Gasteiger partial charge in [0.25, 0.3) is 0 Å². The Morgan fingerprint density at radius 3 is 2.91 bits per heavy atom. The fourth-order valence-electron chi connectivity index (χ4n) is 3.22. The van der Waals surface area contributed by atoms with E-state index in [1.54, 1.807) is 12.1 Å². The van der Waals surface area contributed by atoms with Crippen molar-refractivity contribution in [3.63, 3.8) is 0 Å². The maximum absolute atomic E-state index is 14.1. The second-order valence-electron chi connectivity index (χ2n) is 5.93. The molecule has 2 saturated heterocycles. The number of benzene rings is 1. The zero-order chi connectivity index (χ0) is 15.7. The molecule has 0 aliphatic carbocycles. The van der Waals surface area contributed by atoms with E-state index in [2.05, 4.69) is 9.80 Å². The van der Waals surface area contributed by atoms with Gasteiger partial charge in [-0.2, -0.15) is 5.26 Å². The van der Waals surface area contributed by atoms with E-state index in [1.165, 1.54) is 6.07 Å². The normalized spacial score (nSPS) is 25.4. The molecule has 0 amide bonds. The molecule has 5 nitrogen and oxygen atoms in total. The molecular weight excluding hydrogens is 305 g/mol. The first kappa shape index (κ1) is 15.4. The van der Waals surface area contributed by atoms with Crippen LogP contribution in [0.25, 0.3) is 0 Å². The molecular formula is C15H18FN3O2S. The average molecular weight is 323 g/mol. The van der Waals surface area contributed by atoms with Crippen LogP contribution in [0.4, 0.5) is 4.39 Å². The summed E-state index contributed by atoms with van der Waals surface area (Å²) < 4.78 is 37.7. The van der Waals surface area contributed by atoms with Crippen LogP contribution in [0.3, 0.4) is 0 Å². The summed E-state index contributed by atoms with van der Waals surface area (Å²) in [4.78, 5) is 4.28. The summed E-state index contributed by atoms with van der Waals surface area (Å²) in [6.45, 7) is 3.22. The van der Waals surface area contributed by atoms with Crippen LogP contribution in [0.15, 0.2) is 18.2 Å². The minimum Gasteiger partial charge on any atom is -0.296 e. The van der Waals surface area contributed by atoms with Crippen LogP contribution in [0, 0.1) is 17.1 Å². The fraction of sp³-hybridized carbons (Fsp3) is 0.533. The van der Waals surface area contributed by atoms with Crippen molar-refractivity contribution < 1.29 is 12.8 Å². The number of nitriles is 1. The third kappa shape index (κ3) is 3.14. The van der Waals surface area contributed by atoms with Gasteiger partial charge in [0.05, 0.1) is 17.1 Å². The molecule has 2 aliphatic rings. The van der Waals surface area contributed by atoms with E-state index in [0.717, 1.165) is 13.1 Å². The second-order valence-corrected chi connectivity index (χ2v) is 8.16. The molecule has 22 heavy (non-hydrogen) atoms. The fourth-order valence-corrected chi connectivity index (χ4v) is 4.80. The molecule has 118 valence electrons. The molecule has 1 atom stereocenters. The van der Waals surface area contributed by atoms with E-state index in [-0.39, 0.29) is 23.1 Å². The van der Waals surface area contributed by atoms with Gasteiger partial charge in [0.2, 0.25) is 0 Å². The van der Waals surface area contributed by atoms with Gasteiger partial charge in [-0.1, -0.05) is 12.1 Å². The molecule has 0 unspecified atom stereocenters. The van der Waals surface area contributed by atoms with Gasteiger partial charge in [-0.3, -0.25) is 9.80 Å². The van der Waals surface area contributed by atoms with E-state index in [0.29, 0.717) is 25.2 Å². The van der Waals surface area contributed by atoms with Crippen molar-refractivity contribution in [1.29, 1.82) is 5.26 Å². The highest BCUT2D eigenvalue weighted by Crippen LogP contribution is 2.20. The summed E-state index contributed by atoms with van der Waals surface area (Å²) in [5.41, 5.74) is 0.544. The lowest BCUT2D eigenvalue weighted by molar-refractivity contribution is 0.0804. The highest BCUT2D eigenvalue weighted by molar-refractivity contribution is 7.91. The number of piperazine rings is 1. The van der Waals surface area contributed by atoms with Crippen molar-refractivity contribution in [1.82, 2.24) is 9.80 Å². The highest BCUT2D eigenvalue weighted by atomic mass is 32.2. The van der Waals surface area contributed by atoms with Crippen LogP contribution < -0.4 is 0 Å². The second kappa shape index (κ2) is 5.95. The van der Waals surface area contributed by atoms with Crippen molar-refractivity contribution in [3.8, 4) is 6.07 Å². The van der Waals surface area contributed by atoms with Gasteiger partial charge < -0.3 is 0 Å². The van der Waals surface area contributed by atoms with Gasteiger partial charge in [0.1, 0.15) is 11.9 Å². The molecule has 3 rings (SSSR count). The monoisotopic (exact) mass is 323 g/mol. The molecule has 0 aromatic heterocycles. The predicted octanol–water partition coefficient (Wildman–Crippen LogP) is 0.612. The van der Waals surface area contributed by atoms with E-state index in [4.69, 9.17) is 5.26 Å². The van der Waals surface area contributed by atoms with Crippen LogP contribution >= 0.6 is 0 Å². The largest absolute Gasteiger partial charge is 0.296 e. The Balaban J connectivity index is 1.71. The number of halogens is 1. The molecule has 0 bridgehead atoms. The van der Waals surface area contributed by atoms with Crippen molar-refractivity contribution >= 4 is 9.84 Å². The third-order valence-electron chi connectivity index (χ3n) is 4.42. The Bertz CT molecular complexity index is 714. The summed E-state index contributed by atoms with van der Waals surface area (Å²) in [6, 6.07) is 6.67. The smallest absolute Gasteiger partial charge is 0.153 e. The van der Waals surface area contributed by atoms with E-state index in [1.807, 2.05) is 6.07 Å². The molecule has 1 aromatic rings. The molecule has 2 heterocycles. The third-order valence-corrected chi connectivity index (χ3v) is 6.11. The van der Waals surface area contributed by atoms with E-state index in [9.17, 15) is 12.8 Å². The van der Waals surface area contributed by atoms with Gasteiger partial charge in [-0.15, -0.1) is 0 Å². The average Bonchev–Trinajstić information content (AvgIpc) is 2.48. The van der Waals surface area contributed by atoms with Gasteiger partial charge in [-0.25, -0.2) is 12.8 Å². The lowest BCUT2D eigenvalue weighted by atomic mass is 10.1. The lowest BCUT2D eigenvalue weighted by Gasteiger charge is -2.43. The van der Waals surface area contributed by atoms with Crippen LogP contribution in [0.5, 0.6) is 0 Å². The Morgan fingerprint density at radius 2 is 2.14 bits per heavy atom. The van der Waals surface area contributed by atoms with Crippen LogP contribution in [-0.2, 0) is 16.4 Å². The van der Waals surface area contributed by atoms with Crippen LogP contribution in [0.1, 0.15) is 11.1 Å². The first-order chi connectivity index (χ1) is 10.5. The molecule has 0 radical (unpaired) electrons. The summed E-state index contributed by atoms with van der Waals surface area (Å²) in [6.07, 6.45) is 0. The van der Waals surface area contributed by atoms with Crippen molar-refractivity contribution in [2.24, 2.45) is 0 Å². The van der Waals surface area contributed by atoms with Gasteiger partial charge >= 0.3 is 0 Å². The molecule has 2 fully saturated rings. The maximum atomic E-state index is 14.1. The summed E-state index contributed by atoms with van der Waals surface area (Å²) in [5.74, 6) is -0.0456. The van der Waals surface area contributed by atoms with Crippen molar-refractivity contribution in [2.75, 3.05) is 37.7 Å². The summed E-state index contributed by atoms with van der Waals surface area (Å²) in [7, 11) is -2.95. The number of nitrogens with zero attached hydrogens (tertiary/aromatic N) is 3. The number of rotatable bonds is 2. The van der Waals surface area contributed by atoms with Crippen molar-refractivity contribution in [3.05, 3.63) is 35.1 Å². The Hall–Kier alpha value is -1.49. The zero-order valence-electron chi connectivity index (χ0n) is 12.2. The first-order valence-corrected chi connectivity index (χ1v) is 9.15. The number of fused-ring (bicyclic) bond motifs is 1. The number of hydrogen-bond donors (Lipinski definition) is 0. The van der Waals surface area contributed by atoms with Crippen LogP contribution in [0.2, 0.25) is 0 Å². The number of sulfone groups is 1. The first-order valence-electron chi connectivity index (χ1n) is 7.33. The highest BCUT2D eigenvalue weighted by Gasteiger charge is 2.35. The van der Waals surface area contributed by atoms with E-state index < -0.39 is 15.7 Å². The van der Waals surface area contributed by atoms with Crippen molar-refractivity contribution in [2.45, 2.75) is 12.6 Å². The molecule has 0 spiro atoms. The molecule has 2 aliphatic heterocycles. The van der Waals surface area contributed by atoms with Gasteiger partial charge in [-0.05, 0) is 6.07 Å². The quantitative estimate of drug-likeness (QED) is 0.798. The Kier molecular flexibility index (Phi) is 4.17. The summed E-state index contributed by atoms with van der Waals surface area (Å²) >= 11 is 0. The standard InChI is InChI=1S/C15H18FN3O2S/c16-15-12(8-17)2-1-3-13(15)9-18-4-5-19-6-7-22(20,21)11-14(19)10-18/h1-3,14H,4-7,9-11H2/t14-/m1/s1. The molecule has 0 N–H and O–H groups in total. The van der Waals surface area contributed by atoms with Gasteiger partial charge in [0.15, 0.2) is 9.84 Å². The van der Waals surface area contributed by atoms with Crippen LogP contribution in [-0.4, -0.2) is 61.9 Å². The Morgan fingerprint density at radius 1 is 1.32 bits per heavy atom. The SMILES string of the molecule is N#Cc1cccc(CN2CCN3CCS(=O)(=O)C[C@H]3C2)c1F. The topological polar surface area (TPSA) is 64.4 Å².